The summed E-state index contributed by atoms with van der Waals surface area (Å²) in [7, 11) is -3.26. The van der Waals surface area contributed by atoms with Crippen molar-refractivity contribution in [1.29, 1.82) is 0 Å². The summed E-state index contributed by atoms with van der Waals surface area (Å²) < 4.78 is 28.4. The first kappa shape index (κ1) is 18.1. The maximum atomic E-state index is 12.6. The molecule has 0 atom stereocenters. The zero-order valence-corrected chi connectivity index (χ0v) is 15.7. The molecular weight excluding hydrogens is 346 g/mol. The molecule has 2 saturated heterocycles. The molecule has 0 amide bonds. The molecule has 0 spiro atoms. The van der Waals surface area contributed by atoms with E-state index >= 15 is 0 Å². The van der Waals surface area contributed by atoms with Gasteiger partial charge in [-0.2, -0.15) is 17.0 Å². The fraction of sp³-hybridized carbons (Fsp3) is 0.733. The maximum absolute atomic E-state index is 12.6. The van der Waals surface area contributed by atoms with Crippen LogP contribution in [0.3, 0.4) is 0 Å². The average molecular weight is 372 g/mol. The third-order valence-electron chi connectivity index (χ3n) is 4.41. The van der Waals surface area contributed by atoms with E-state index in [1.807, 2.05) is 12.4 Å². The molecular formula is C15H25N5O2S2. The van der Waals surface area contributed by atoms with Gasteiger partial charge in [0.05, 0.1) is 0 Å². The molecule has 2 fully saturated rings. The van der Waals surface area contributed by atoms with Gasteiger partial charge < -0.3 is 0 Å². The van der Waals surface area contributed by atoms with E-state index in [4.69, 9.17) is 0 Å². The molecule has 3 heterocycles. The van der Waals surface area contributed by atoms with Crippen LogP contribution in [-0.4, -0.2) is 76.9 Å². The average Bonchev–Trinajstić information content (AvgIpc) is 3.13. The van der Waals surface area contributed by atoms with Crippen molar-refractivity contribution in [3.05, 3.63) is 18.0 Å². The second-order valence-corrected chi connectivity index (χ2v) is 9.26. The molecule has 1 aromatic heterocycles. The van der Waals surface area contributed by atoms with Gasteiger partial charge in [-0.1, -0.05) is 18.7 Å². The van der Waals surface area contributed by atoms with Crippen molar-refractivity contribution in [3.63, 3.8) is 0 Å². The number of thioether (sulfide) groups is 1. The van der Waals surface area contributed by atoms with Crippen LogP contribution in [0, 0.1) is 0 Å². The summed E-state index contributed by atoms with van der Waals surface area (Å²) in [5, 5.41) is 0.808. The van der Waals surface area contributed by atoms with Gasteiger partial charge in [-0.05, 0) is 18.6 Å². The van der Waals surface area contributed by atoms with Gasteiger partial charge in [0, 0.05) is 63.8 Å². The van der Waals surface area contributed by atoms with E-state index in [0.717, 1.165) is 48.9 Å². The van der Waals surface area contributed by atoms with Crippen LogP contribution >= 0.6 is 11.8 Å². The summed E-state index contributed by atoms with van der Waals surface area (Å²) >= 11 is 1.63. The van der Waals surface area contributed by atoms with Crippen LogP contribution in [0.5, 0.6) is 0 Å². The standard InChI is InChI=1S/C15H25N5O2S2/c1-2-23-15-16-11-14(12-17-15)13-18-7-9-20(10-8-18)24(21,22)19-5-3-4-6-19/h11-12H,2-10,13H2,1H3. The summed E-state index contributed by atoms with van der Waals surface area (Å²) in [4.78, 5) is 11.0. The second-order valence-electron chi connectivity index (χ2n) is 6.10. The Morgan fingerprint density at radius 3 is 2.17 bits per heavy atom. The lowest BCUT2D eigenvalue weighted by Gasteiger charge is -2.35. The number of hydrogen-bond donors (Lipinski definition) is 0. The van der Waals surface area contributed by atoms with Gasteiger partial charge in [0.25, 0.3) is 10.2 Å². The van der Waals surface area contributed by atoms with E-state index in [9.17, 15) is 8.42 Å². The lowest BCUT2D eigenvalue weighted by Crippen LogP contribution is -2.52. The molecule has 0 unspecified atom stereocenters. The first-order valence-corrected chi connectivity index (χ1v) is 10.9. The van der Waals surface area contributed by atoms with Crippen molar-refractivity contribution >= 4 is 22.0 Å². The summed E-state index contributed by atoms with van der Waals surface area (Å²) in [6, 6.07) is 0. The van der Waals surface area contributed by atoms with Crippen molar-refractivity contribution in [2.24, 2.45) is 0 Å². The molecule has 9 heteroatoms. The molecule has 7 nitrogen and oxygen atoms in total. The summed E-state index contributed by atoms with van der Waals surface area (Å²) in [5.74, 6) is 0.965. The van der Waals surface area contributed by atoms with Crippen LogP contribution < -0.4 is 0 Å². The van der Waals surface area contributed by atoms with Crippen molar-refractivity contribution in [1.82, 2.24) is 23.5 Å². The Hall–Kier alpha value is -0.740. The zero-order valence-electron chi connectivity index (χ0n) is 14.1. The molecule has 24 heavy (non-hydrogen) atoms. The van der Waals surface area contributed by atoms with Crippen molar-refractivity contribution in [3.8, 4) is 0 Å². The highest BCUT2D eigenvalue weighted by Gasteiger charge is 2.33. The van der Waals surface area contributed by atoms with E-state index in [-0.39, 0.29) is 0 Å². The molecule has 134 valence electrons. The minimum Gasteiger partial charge on any atom is -0.296 e. The summed E-state index contributed by atoms with van der Waals surface area (Å²) in [6.07, 6.45) is 5.70. The van der Waals surface area contributed by atoms with Gasteiger partial charge in [-0.25, -0.2) is 9.97 Å². The van der Waals surface area contributed by atoms with Gasteiger partial charge in [-0.3, -0.25) is 4.90 Å². The molecule has 0 saturated carbocycles. The highest BCUT2D eigenvalue weighted by atomic mass is 32.2. The largest absolute Gasteiger partial charge is 0.296 e. The molecule has 0 bridgehead atoms. The highest BCUT2D eigenvalue weighted by molar-refractivity contribution is 7.99. The Labute approximate surface area is 148 Å². The SMILES string of the molecule is CCSc1ncc(CN2CCN(S(=O)(=O)N3CCCC3)CC2)cn1. The van der Waals surface area contributed by atoms with Gasteiger partial charge in [0.1, 0.15) is 0 Å². The van der Waals surface area contributed by atoms with Gasteiger partial charge in [-0.15, -0.1) is 0 Å². The third-order valence-corrected chi connectivity index (χ3v) is 7.20. The predicted molar refractivity (Wildman–Crippen MR) is 95.0 cm³/mol. The molecule has 2 aliphatic heterocycles. The van der Waals surface area contributed by atoms with Gasteiger partial charge in [0.2, 0.25) is 0 Å². The monoisotopic (exact) mass is 371 g/mol. The third kappa shape index (κ3) is 4.26. The first-order valence-electron chi connectivity index (χ1n) is 8.51. The summed E-state index contributed by atoms with van der Waals surface area (Å²) in [5.41, 5.74) is 1.08. The minimum absolute atomic E-state index is 0.559. The molecule has 3 rings (SSSR count). The van der Waals surface area contributed by atoms with E-state index in [0.29, 0.717) is 26.2 Å². The quantitative estimate of drug-likeness (QED) is 0.550. The van der Waals surface area contributed by atoms with Crippen molar-refractivity contribution < 1.29 is 8.42 Å². The first-order chi connectivity index (χ1) is 11.6. The number of piperazine rings is 1. The van der Waals surface area contributed by atoms with Crippen LogP contribution in [0.15, 0.2) is 17.6 Å². The fourth-order valence-electron chi connectivity index (χ4n) is 3.09. The Bertz CT molecular complexity index is 624. The Morgan fingerprint density at radius 1 is 1.00 bits per heavy atom. The highest BCUT2D eigenvalue weighted by Crippen LogP contribution is 2.19. The van der Waals surface area contributed by atoms with E-state index in [1.165, 1.54) is 0 Å². The van der Waals surface area contributed by atoms with Gasteiger partial charge >= 0.3 is 0 Å². The number of hydrogen-bond acceptors (Lipinski definition) is 6. The summed E-state index contributed by atoms with van der Waals surface area (Å²) in [6.45, 7) is 6.81. The smallest absolute Gasteiger partial charge is 0.282 e. The van der Waals surface area contributed by atoms with Crippen LogP contribution in [0.2, 0.25) is 0 Å². The number of aromatic nitrogens is 2. The lowest BCUT2D eigenvalue weighted by atomic mass is 10.3. The molecule has 1 aromatic rings. The van der Waals surface area contributed by atoms with E-state index in [2.05, 4.69) is 21.8 Å². The topological polar surface area (TPSA) is 69.6 Å². The van der Waals surface area contributed by atoms with Gasteiger partial charge in [0.15, 0.2) is 5.16 Å². The van der Waals surface area contributed by atoms with Crippen molar-refractivity contribution in [2.45, 2.75) is 31.5 Å². The maximum Gasteiger partial charge on any atom is 0.282 e. The zero-order chi connectivity index (χ0) is 17.0. The second kappa shape index (κ2) is 8.09. The number of nitrogens with zero attached hydrogens (tertiary/aromatic N) is 5. The molecule has 2 aliphatic rings. The van der Waals surface area contributed by atoms with Crippen LogP contribution in [0.25, 0.3) is 0 Å². The van der Waals surface area contributed by atoms with Crippen LogP contribution in [0.1, 0.15) is 25.3 Å². The predicted octanol–water partition coefficient (Wildman–Crippen LogP) is 1.05. The normalized spacial score (nSPS) is 21.4. The molecule has 0 N–H and O–H groups in total. The molecule has 0 aliphatic carbocycles. The van der Waals surface area contributed by atoms with Crippen molar-refractivity contribution in [2.75, 3.05) is 45.0 Å². The molecule has 0 radical (unpaired) electrons. The lowest BCUT2D eigenvalue weighted by molar-refractivity contribution is 0.175. The van der Waals surface area contributed by atoms with Crippen LogP contribution in [0.4, 0.5) is 0 Å². The Morgan fingerprint density at radius 2 is 1.58 bits per heavy atom. The minimum atomic E-state index is -3.26. The fourth-order valence-corrected chi connectivity index (χ4v) is 5.27. The van der Waals surface area contributed by atoms with Crippen LogP contribution in [-0.2, 0) is 16.8 Å². The molecule has 0 aromatic carbocycles. The van der Waals surface area contributed by atoms with E-state index in [1.54, 1.807) is 20.4 Å². The Kier molecular flexibility index (Phi) is 6.09. The Balaban J connectivity index is 1.51. The number of rotatable bonds is 6. The van der Waals surface area contributed by atoms with E-state index < -0.39 is 10.2 Å².